The lowest BCUT2D eigenvalue weighted by molar-refractivity contribution is -0.139. The molecule has 1 atom stereocenters. The van der Waals surface area contributed by atoms with E-state index in [4.69, 9.17) is 27.4 Å². The van der Waals surface area contributed by atoms with Crippen molar-refractivity contribution >= 4 is 17.9 Å². The van der Waals surface area contributed by atoms with Gasteiger partial charge in [0, 0.05) is 13.0 Å². The summed E-state index contributed by atoms with van der Waals surface area (Å²) in [6.07, 6.45) is 2.79. The molecule has 0 spiro atoms. The van der Waals surface area contributed by atoms with Crippen LogP contribution in [0.25, 0.3) is 0 Å². The second-order valence-corrected chi connectivity index (χ2v) is 5.13. The van der Waals surface area contributed by atoms with Gasteiger partial charge in [-0.15, -0.1) is 0 Å². The monoisotopic (exact) mass is 338 g/mol. The topological polar surface area (TPSA) is 165 Å². The number of rotatable bonds is 9. The van der Waals surface area contributed by atoms with Crippen LogP contribution in [0.15, 0.2) is 35.3 Å². The Balaban J connectivity index is 0.000000441. The molecule has 0 aliphatic rings. The Kier molecular flexibility index (Phi) is 11.5. The molecule has 8 nitrogen and oxygen atoms in total. The van der Waals surface area contributed by atoms with Crippen LogP contribution in [0, 0.1) is 0 Å². The summed E-state index contributed by atoms with van der Waals surface area (Å²) in [7, 11) is 0. The third-order valence-electron chi connectivity index (χ3n) is 2.98. The number of benzene rings is 1. The first-order valence-electron chi connectivity index (χ1n) is 7.62. The van der Waals surface area contributed by atoms with Gasteiger partial charge in [-0.25, -0.2) is 0 Å². The van der Waals surface area contributed by atoms with Crippen LogP contribution in [-0.2, 0) is 16.0 Å². The number of carboxylic acids is 2. The summed E-state index contributed by atoms with van der Waals surface area (Å²) in [5, 5.41) is 16.8. The molecule has 0 amide bonds. The molecule has 24 heavy (non-hydrogen) atoms. The molecular formula is C16H26N4O4. The molecule has 0 aromatic heterocycles. The molecule has 0 aliphatic heterocycles. The molecule has 134 valence electrons. The Morgan fingerprint density at radius 3 is 2.21 bits per heavy atom. The van der Waals surface area contributed by atoms with Crippen LogP contribution in [0.3, 0.4) is 0 Å². The van der Waals surface area contributed by atoms with E-state index < -0.39 is 18.0 Å². The normalized spacial score (nSPS) is 10.9. The maximum absolute atomic E-state index is 10.2. The molecule has 0 saturated carbocycles. The molecule has 0 aliphatic carbocycles. The standard InChI is InChI=1S/C10H12O2.C6H14N4O2/c11-10(12)8-4-7-9-5-2-1-3-6-9;7-4(5(11)12)2-1-3-10-6(8)9/h1-3,5-6H,4,7-8H2,(H,11,12);4H,1-3,7H2,(H,11,12)(H4,8,9,10). The van der Waals surface area contributed by atoms with Gasteiger partial charge in [0.15, 0.2) is 5.96 Å². The molecule has 8 N–H and O–H groups in total. The van der Waals surface area contributed by atoms with E-state index in [1.165, 1.54) is 5.56 Å². The number of carbonyl (C=O) groups is 2. The quantitative estimate of drug-likeness (QED) is 0.249. The first-order valence-corrected chi connectivity index (χ1v) is 7.62. The van der Waals surface area contributed by atoms with Crippen molar-refractivity contribution in [2.45, 2.75) is 38.1 Å². The Hall–Kier alpha value is -2.61. The predicted octanol–water partition coefficient (Wildman–Crippen LogP) is 0.546. The first-order chi connectivity index (χ1) is 11.3. The summed E-state index contributed by atoms with van der Waals surface area (Å²) >= 11 is 0. The van der Waals surface area contributed by atoms with Crippen LogP contribution < -0.4 is 17.2 Å². The molecule has 0 heterocycles. The van der Waals surface area contributed by atoms with Crippen molar-refractivity contribution in [3.05, 3.63) is 35.9 Å². The Bertz CT molecular complexity index is 516. The minimum Gasteiger partial charge on any atom is -0.481 e. The Labute approximate surface area is 141 Å². The van der Waals surface area contributed by atoms with E-state index in [0.717, 1.165) is 12.8 Å². The van der Waals surface area contributed by atoms with Gasteiger partial charge in [-0.3, -0.25) is 14.6 Å². The van der Waals surface area contributed by atoms with E-state index in [0.29, 0.717) is 19.4 Å². The lowest BCUT2D eigenvalue weighted by atomic mass is 10.1. The average molecular weight is 338 g/mol. The molecule has 8 heteroatoms. The number of nitrogens with zero attached hydrogens (tertiary/aromatic N) is 1. The highest BCUT2D eigenvalue weighted by Gasteiger charge is 2.09. The average Bonchev–Trinajstić information content (AvgIpc) is 2.52. The largest absolute Gasteiger partial charge is 0.481 e. The number of aliphatic imine (C=N–C) groups is 1. The molecule has 1 rings (SSSR count). The molecule has 1 aromatic rings. The minimum absolute atomic E-state index is 0.0129. The third kappa shape index (κ3) is 13.1. The smallest absolute Gasteiger partial charge is 0.320 e. The zero-order valence-corrected chi connectivity index (χ0v) is 13.6. The second-order valence-electron chi connectivity index (χ2n) is 5.13. The Morgan fingerprint density at radius 2 is 1.71 bits per heavy atom. The molecule has 1 unspecified atom stereocenters. The van der Waals surface area contributed by atoms with E-state index in [9.17, 15) is 9.59 Å². The van der Waals surface area contributed by atoms with E-state index in [2.05, 4.69) is 4.99 Å². The van der Waals surface area contributed by atoms with E-state index >= 15 is 0 Å². The number of hydrogen-bond acceptors (Lipinski definition) is 4. The molecule has 1 aromatic carbocycles. The minimum atomic E-state index is -1.00. The van der Waals surface area contributed by atoms with Crippen LogP contribution >= 0.6 is 0 Å². The molecular weight excluding hydrogens is 312 g/mol. The molecule has 0 fully saturated rings. The fraction of sp³-hybridized carbons (Fsp3) is 0.438. The van der Waals surface area contributed by atoms with Gasteiger partial charge in [0.05, 0.1) is 0 Å². The predicted molar refractivity (Wildman–Crippen MR) is 92.5 cm³/mol. The van der Waals surface area contributed by atoms with Gasteiger partial charge in [0.25, 0.3) is 0 Å². The van der Waals surface area contributed by atoms with Crippen molar-refractivity contribution in [1.82, 2.24) is 0 Å². The fourth-order valence-corrected chi connectivity index (χ4v) is 1.73. The number of aryl methyl sites for hydroxylation is 1. The van der Waals surface area contributed by atoms with E-state index in [1.54, 1.807) is 0 Å². The lowest BCUT2D eigenvalue weighted by Gasteiger charge is -2.03. The SMILES string of the molecule is NC(N)=NCCCC(N)C(=O)O.O=C(O)CCCc1ccccc1. The lowest BCUT2D eigenvalue weighted by Crippen LogP contribution is -2.30. The summed E-state index contributed by atoms with van der Waals surface area (Å²) in [5.74, 6) is -1.70. The van der Waals surface area contributed by atoms with Crippen molar-refractivity contribution in [3.63, 3.8) is 0 Å². The van der Waals surface area contributed by atoms with E-state index in [-0.39, 0.29) is 12.4 Å². The van der Waals surface area contributed by atoms with Crippen molar-refractivity contribution in [2.24, 2.45) is 22.2 Å². The number of aliphatic carboxylic acids is 2. The zero-order valence-electron chi connectivity index (χ0n) is 13.6. The third-order valence-corrected chi connectivity index (χ3v) is 2.98. The van der Waals surface area contributed by atoms with Gasteiger partial charge in [0.1, 0.15) is 6.04 Å². The first kappa shape index (κ1) is 21.4. The van der Waals surface area contributed by atoms with Crippen LogP contribution in [0.2, 0.25) is 0 Å². The maximum Gasteiger partial charge on any atom is 0.320 e. The number of guanidine groups is 1. The molecule has 0 bridgehead atoms. The summed E-state index contributed by atoms with van der Waals surface area (Å²) in [6, 6.07) is 9.11. The zero-order chi connectivity index (χ0) is 18.4. The van der Waals surface area contributed by atoms with Gasteiger partial charge < -0.3 is 27.4 Å². The Morgan fingerprint density at radius 1 is 1.08 bits per heavy atom. The highest BCUT2D eigenvalue weighted by molar-refractivity contribution is 5.75. The van der Waals surface area contributed by atoms with Gasteiger partial charge in [-0.1, -0.05) is 30.3 Å². The summed E-state index contributed by atoms with van der Waals surface area (Å²) < 4.78 is 0. The van der Waals surface area contributed by atoms with Crippen LogP contribution in [0.1, 0.15) is 31.2 Å². The molecule has 0 saturated heterocycles. The highest BCUT2D eigenvalue weighted by atomic mass is 16.4. The summed E-state index contributed by atoms with van der Waals surface area (Å²) in [6.45, 7) is 0.420. The number of nitrogens with two attached hydrogens (primary N) is 3. The van der Waals surface area contributed by atoms with Crippen LogP contribution in [0.5, 0.6) is 0 Å². The van der Waals surface area contributed by atoms with Crippen molar-refractivity contribution in [2.75, 3.05) is 6.54 Å². The van der Waals surface area contributed by atoms with Crippen LogP contribution in [-0.4, -0.2) is 40.7 Å². The van der Waals surface area contributed by atoms with E-state index in [1.807, 2.05) is 30.3 Å². The van der Waals surface area contributed by atoms with Crippen LogP contribution in [0.4, 0.5) is 0 Å². The van der Waals surface area contributed by atoms with Crippen molar-refractivity contribution in [1.29, 1.82) is 0 Å². The van der Waals surface area contributed by atoms with Crippen molar-refractivity contribution in [3.8, 4) is 0 Å². The summed E-state index contributed by atoms with van der Waals surface area (Å²) in [5.41, 5.74) is 16.5. The molecule has 0 radical (unpaired) electrons. The second kappa shape index (κ2) is 12.9. The number of hydrogen-bond donors (Lipinski definition) is 5. The highest BCUT2D eigenvalue weighted by Crippen LogP contribution is 2.03. The maximum atomic E-state index is 10.2. The fourth-order valence-electron chi connectivity index (χ4n) is 1.73. The van der Waals surface area contributed by atoms with Gasteiger partial charge in [-0.2, -0.15) is 0 Å². The van der Waals surface area contributed by atoms with Gasteiger partial charge >= 0.3 is 11.9 Å². The van der Waals surface area contributed by atoms with Gasteiger partial charge in [-0.05, 0) is 31.2 Å². The summed E-state index contributed by atoms with van der Waals surface area (Å²) in [4.78, 5) is 24.1. The van der Waals surface area contributed by atoms with Crippen molar-refractivity contribution < 1.29 is 19.8 Å². The number of carboxylic acid groups (broad SMARTS) is 2. The van der Waals surface area contributed by atoms with Gasteiger partial charge in [0.2, 0.25) is 0 Å².